The highest BCUT2D eigenvalue weighted by Crippen LogP contribution is 2.20. The predicted molar refractivity (Wildman–Crippen MR) is 85.0 cm³/mol. The Balaban J connectivity index is 0.00000200. The maximum Gasteiger partial charge on any atom is 0.244 e. The van der Waals surface area contributed by atoms with Gasteiger partial charge in [0.2, 0.25) is 5.91 Å². The second-order valence-corrected chi connectivity index (χ2v) is 5.99. The van der Waals surface area contributed by atoms with Crippen LogP contribution in [0, 0.1) is 5.92 Å². The Kier molecular flexibility index (Phi) is 7.55. The molecule has 2 heterocycles. The van der Waals surface area contributed by atoms with Crippen LogP contribution in [0.5, 0.6) is 0 Å². The van der Waals surface area contributed by atoms with Crippen LogP contribution in [-0.4, -0.2) is 47.3 Å². The first-order chi connectivity index (χ1) is 9.19. The lowest BCUT2D eigenvalue weighted by Crippen LogP contribution is -2.40. The molecule has 1 aromatic heterocycles. The quantitative estimate of drug-likeness (QED) is 0.867. The van der Waals surface area contributed by atoms with Crippen LogP contribution >= 0.6 is 28.3 Å². The van der Waals surface area contributed by atoms with Crippen LogP contribution in [-0.2, 0) is 11.3 Å². The Morgan fingerprint density at radius 3 is 2.75 bits per heavy atom. The summed E-state index contributed by atoms with van der Waals surface area (Å²) in [5.41, 5.74) is 0. The second-order valence-electron chi connectivity index (χ2n) is 5.07. The smallest absolute Gasteiger partial charge is 0.244 e. The van der Waals surface area contributed by atoms with Crippen LogP contribution in [0.3, 0.4) is 0 Å². The van der Waals surface area contributed by atoms with Crippen LogP contribution in [0.1, 0.15) is 19.3 Å². The Bertz CT molecular complexity index is 418. The molecule has 0 saturated carbocycles. The Labute approximate surface area is 134 Å². The molecule has 114 valence electrons. The number of hydrogen-bond acceptors (Lipinski definition) is 3. The summed E-state index contributed by atoms with van der Waals surface area (Å²) in [4.78, 5) is 14.1. The van der Waals surface area contributed by atoms with E-state index in [0.29, 0.717) is 6.54 Å². The minimum Gasteiger partial charge on any atom is -0.341 e. The SMILES string of the molecule is CNCCC1CCN(C(=O)Cn2cc(Br)cn2)CC1.Cl. The van der Waals surface area contributed by atoms with Gasteiger partial charge in [0.25, 0.3) is 0 Å². The molecule has 0 aromatic carbocycles. The van der Waals surface area contributed by atoms with Gasteiger partial charge in [-0.2, -0.15) is 5.10 Å². The van der Waals surface area contributed by atoms with Crippen molar-refractivity contribution < 1.29 is 4.79 Å². The van der Waals surface area contributed by atoms with Crippen LogP contribution in [0.15, 0.2) is 16.9 Å². The van der Waals surface area contributed by atoms with E-state index in [-0.39, 0.29) is 18.3 Å². The number of likely N-dealkylation sites (tertiary alicyclic amines) is 1. The van der Waals surface area contributed by atoms with Crippen molar-refractivity contribution in [1.82, 2.24) is 20.0 Å². The number of rotatable bonds is 5. The Hall–Kier alpha value is -0.590. The van der Waals surface area contributed by atoms with Gasteiger partial charge in [-0.15, -0.1) is 12.4 Å². The average Bonchev–Trinajstić information content (AvgIpc) is 2.82. The molecule has 0 unspecified atom stereocenters. The van der Waals surface area contributed by atoms with Crippen molar-refractivity contribution in [2.45, 2.75) is 25.8 Å². The molecule has 1 saturated heterocycles. The van der Waals surface area contributed by atoms with E-state index in [1.807, 2.05) is 18.1 Å². The van der Waals surface area contributed by atoms with Crippen molar-refractivity contribution in [3.63, 3.8) is 0 Å². The fourth-order valence-corrected chi connectivity index (χ4v) is 2.81. The molecule has 1 amide bonds. The Morgan fingerprint density at radius 2 is 2.20 bits per heavy atom. The molecule has 2 rings (SSSR count). The van der Waals surface area contributed by atoms with Gasteiger partial charge in [0, 0.05) is 19.3 Å². The molecule has 0 bridgehead atoms. The van der Waals surface area contributed by atoms with Gasteiger partial charge in [0.05, 0.1) is 10.7 Å². The summed E-state index contributed by atoms with van der Waals surface area (Å²) >= 11 is 3.34. The van der Waals surface area contributed by atoms with E-state index in [9.17, 15) is 4.79 Å². The van der Waals surface area contributed by atoms with E-state index < -0.39 is 0 Å². The van der Waals surface area contributed by atoms with E-state index >= 15 is 0 Å². The predicted octanol–water partition coefficient (Wildman–Crippen LogP) is 1.92. The van der Waals surface area contributed by atoms with Crippen LogP contribution < -0.4 is 5.32 Å². The fraction of sp³-hybridized carbons (Fsp3) is 0.692. The molecule has 1 aromatic rings. The molecular weight excluding hydrogens is 344 g/mol. The summed E-state index contributed by atoms with van der Waals surface area (Å²) in [6.07, 6.45) is 6.99. The zero-order valence-corrected chi connectivity index (χ0v) is 14.1. The molecule has 0 aliphatic carbocycles. The summed E-state index contributed by atoms with van der Waals surface area (Å²) in [7, 11) is 1.99. The lowest BCUT2D eigenvalue weighted by atomic mass is 9.93. The molecule has 1 N–H and O–H groups in total. The summed E-state index contributed by atoms with van der Waals surface area (Å²) in [6, 6.07) is 0. The highest BCUT2D eigenvalue weighted by atomic mass is 79.9. The minimum atomic E-state index is 0. The molecule has 1 aliphatic rings. The van der Waals surface area contributed by atoms with Crippen molar-refractivity contribution in [3.05, 3.63) is 16.9 Å². The van der Waals surface area contributed by atoms with E-state index in [0.717, 1.165) is 42.9 Å². The first-order valence-electron chi connectivity index (χ1n) is 6.79. The second kappa shape index (κ2) is 8.64. The number of halogens is 2. The van der Waals surface area contributed by atoms with E-state index in [1.165, 1.54) is 6.42 Å². The van der Waals surface area contributed by atoms with Crippen molar-refractivity contribution in [1.29, 1.82) is 0 Å². The van der Waals surface area contributed by atoms with E-state index in [1.54, 1.807) is 10.9 Å². The third-order valence-corrected chi connectivity index (χ3v) is 4.08. The molecule has 7 heteroatoms. The van der Waals surface area contributed by atoms with Crippen LogP contribution in [0.25, 0.3) is 0 Å². The number of nitrogens with one attached hydrogen (secondary N) is 1. The maximum absolute atomic E-state index is 12.1. The van der Waals surface area contributed by atoms with E-state index in [4.69, 9.17) is 0 Å². The summed E-state index contributed by atoms with van der Waals surface area (Å²) in [6.45, 7) is 3.18. The highest BCUT2D eigenvalue weighted by molar-refractivity contribution is 9.10. The zero-order valence-electron chi connectivity index (χ0n) is 11.7. The highest BCUT2D eigenvalue weighted by Gasteiger charge is 2.22. The zero-order chi connectivity index (χ0) is 13.7. The molecule has 0 radical (unpaired) electrons. The molecule has 0 atom stereocenters. The number of carbonyl (C=O) groups excluding carboxylic acids is 1. The van der Waals surface area contributed by atoms with Gasteiger partial charge < -0.3 is 10.2 Å². The molecule has 1 aliphatic heterocycles. The molecular formula is C13H22BrClN4O. The van der Waals surface area contributed by atoms with Gasteiger partial charge in [0.1, 0.15) is 6.54 Å². The number of amides is 1. The summed E-state index contributed by atoms with van der Waals surface area (Å²) in [5, 5.41) is 7.31. The third-order valence-electron chi connectivity index (χ3n) is 3.67. The minimum absolute atomic E-state index is 0. The number of aromatic nitrogens is 2. The van der Waals surface area contributed by atoms with Gasteiger partial charge >= 0.3 is 0 Å². The number of nitrogens with zero attached hydrogens (tertiary/aromatic N) is 3. The number of piperidine rings is 1. The molecule has 5 nitrogen and oxygen atoms in total. The summed E-state index contributed by atoms with van der Waals surface area (Å²) < 4.78 is 2.59. The van der Waals surface area contributed by atoms with Crippen molar-refractivity contribution in [2.24, 2.45) is 5.92 Å². The van der Waals surface area contributed by atoms with Crippen LogP contribution in [0.2, 0.25) is 0 Å². The number of hydrogen-bond donors (Lipinski definition) is 1. The fourth-order valence-electron chi connectivity index (χ4n) is 2.48. The van der Waals surface area contributed by atoms with Gasteiger partial charge in [0.15, 0.2) is 0 Å². The normalized spacial score (nSPS) is 16.0. The van der Waals surface area contributed by atoms with Gasteiger partial charge in [-0.05, 0) is 54.7 Å². The topological polar surface area (TPSA) is 50.2 Å². The first-order valence-corrected chi connectivity index (χ1v) is 7.58. The van der Waals surface area contributed by atoms with E-state index in [2.05, 4.69) is 26.3 Å². The van der Waals surface area contributed by atoms with Gasteiger partial charge in [-0.25, -0.2) is 0 Å². The lowest BCUT2D eigenvalue weighted by molar-refractivity contribution is -0.133. The number of carbonyl (C=O) groups is 1. The molecule has 20 heavy (non-hydrogen) atoms. The largest absolute Gasteiger partial charge is 0.341 e. The monoisotopic (exact) mass is 364 g/mol. The molecule has 1 fully saturated rings. The van der Waals surface area contributed by atoms with Crippen LogP contribution in [0.4, 0.5) is 0 Å². The average molecular weight is 366 g/mol. The van der Waals surface area contributed by atoms with Crippen molar-refractivity contribution >= 4 is 34.2 Å². The lowest BCUT2D eigenvalue weighted by Gasteiger charge is -2.32. The maximum atomic E-state index is 12.1. The third kappa shape index (κ3) is 5.07. The van der Waals surface area contributed by atoms with Gasteiger partial charge in [-0.3, -0.25) is 9.48 Å². The summed E-state index contributed by atoms with van der Waals surface area (Å²) in [5.74, 6) is 0.929. The molecule has 0 spiro atoms. The van der Waals surface area contributed by atoms with Crippen molar-refractivity contribution in [3.8, 4) is 0 Å². The van der Waals surface area contributed by atoms with Crippen molar-refractivity contribution in [2.75, 3.05) is 26.7 Å². The van der Waals surface area contributed by atoms with Gasteiger partial charge in [-0.1, -0.05) is 0 Å². The standard InChI is InChI=1S/C13H21BrN4O.ClH/c1-15-5-2-11-3-6-17(7-4-11)13(19)10-18-9-12(14)8-16-18;/h8-9,11,15H,2-7,10H2,1H3;1H. The first kappa shape index (κ1) is 17.5. The Morgan fingerprint density at radius 1 is 1.50 bits per heavy atom.